The van der Waals surface area contributed by atoms with Crippen molar-refractivity contribution in [1.29, 1.82) is 0 Å². The first-order chi connectivity index (χ1) is 5.72. The summed E-state index contributed by atoms with van der Waals surface area (Å²) in [6.45, 7) is 0. The number of hydrogen-bond acceptors (Lipinski definition) is 1. The Hall–Kier alpha value is -1.25. The third-order valence-corrected chi connectivity index (χ3v) is 1.48. The number of rotatable bonds is 3. The van der Waals surface area contributed by atoms with Gasteiger partial charge in [0.1, 0.15) is 6.29 Å². The van der Waals surface area contributed by atoms with Crippen molar-refractivity contribution in [3.8, 4) is 0 Å². The van der Waals surface area contributed by atoms with Crippen molar-refractivity contribution in [2.45, 2.75) is 12.8 Å². The molecule has 0 N–H and O–H groups in total. The maximum atomic E-state index is 11.9. The Morgan fingerprint density at radius 1 is 1.42 bits per heavy atom. The van der Waals surface area contributed by atoms with Crippen LogP contribution in [0.25, 0.3) is 0 Å². The van der Waals surface area contributed by atoms with Crippen LogP contribution in [0, 0.1) is 0 Å². The summed E-state index contributed by atoms with van der Waals surface area (Å²) in [5.41, 5.74) is 0.933. The molecule has 1 aromatic rings. The molecule has 1 nitrogen and oxygen atoms in total. The molecule has 0 saturated carbocycles. The van der Waals surface area contributed by atoms with Crippen LogP contribution in [0.4, 0.5) is 8.78 Å². The zero-order chi connectivity index (χ0) is 8.97. The predicted octanol–water partition coefficient (Wildman–Crippen LogP) is 2.31. The Balaban J connectivity index is 2.79. The van der Waals surface area contributed by atoms with Gasteiger partial charge in [-0.1, -0.05) is 18.2 Å². The lowest BCUT2D eigenvalue weighted by molar-refractivity contribution is 0.112. The van der Waals surface area contributed by atoms with Crippen molar-refractivity contribution < 1.29 is 13.6 Å². The molecule has 1 rings (SSSR count). The van der Waals surface area contributed by atoms with Gasteiger partial charge in [-0.05, 0) is 11.6 Å². The smallest absolute Gasteiger partial charge is 0.242 e. The summed E-state index contributed by atoms with van der Waals surface area (Å²) in [5, 5.41) is 0. The van der Waals surface area contributed by atoms with Crippen LogP contribution in [0.3, 0.4) is 0 Å². The van der Waals surface area contributed by atoms with Gasteiger partial charge in [-0.25, -0.2) is 8.78 Å². The first-order valence-electron chi connectivity index (χ1n) is 3.54. The molecular weight excluding hydrogens is 162 g/mol. The molecule has 0 saturated heterocycles. The summed E-state index contributed by atoms with van der Waals surface area (Å²) in [6.07, 6.45) is -2.00. The van der Waals surface area contributed by atoms with Gasteiger partial charge in [0.05, 0.1) is 0 Å². The van der Waals surface area contributed by atoms with E-state index in [0.717, 1.165) is 0 Å². The largest absolute Gasteiger partial charge is 0.298 e. The maximum absolute atomic E-state index is 11.9. The van der Waals surface area contributed by atoms with E-state index in [2.05, 4.69) is 0 Å². The van der Waals surface area contributed by atoms with E-state index in [9.17, 15) is 13.6 Å². The van der Waals surface area contributed by atoms with Gasteiger partial charge in [-0.15, -0.1) is 0 Å². The van der Waals surface area contributed by atoms with E-state index in [-0.39, 0.29) is 6.42 Å². The summed E-state index contributed by atoms with van der Waals surface area (Å²) < 4.78 is 23.7. The highest BCUT2D eigenvalue weighted by Gasteiger charge is 2.04. The number of halogens is 2. The summed E-state index contributed by atoms with van der Waals surface area (Å²) in [7, 11) is 0. The molecule has 3 heteroatoms. The SMILES string of the molecule is O=Cc1cccc(CC(F)F)c1. The Kier molecular flexibility index (Phi) is 2.91. The van der Waals surface area contributed by atoms with Crippen LogP contribution in [-0.2, 0) is 6.42 Å². The monoisotopic (exact) mass is 170 g/mol. The second-order valence-corrected chi connectivity index (χ2v) is 2.46. The van der Waals surface area contributed by atoms with Crippen molar-refractivity contribution in [3.05, 3.63) is 35.4 Å². The predicted molar refractivity (Wildman–Crippen MR) is 41.5 cm³/mol. The zero-order valence-electron chi connectivity index (χ0n) is 6.34. The molecule has 0 amide bonds. The number of aldehydes is 1. The van der Waals surface area contributed by atoms with E-state index >= 15 is 0 Å². The molecule has 0 fully saturated rings. The van der Waals surface area contributed by atoms with Gasteiger partial charge >= 0.3 is 0 Å². The van der Waals surface area contributed by atoms with Gasteiger partial charge in [-0.3, -0.25) is 4.79 Å². The van der Waals surface area contributed by atoms with Gasteiger partial charge in [0.25, 0.3) is 0 Å². The highest BCUT2D eigenvalue weighted by Crippen LogP contribution is 2.08. The van der Waals surface area contributed by atoms with E-state index in [0.29, 0.717) is 17.4 Å². The van der Waals surface area contributed by atoms with Crippen molar-refractivity contribution in [2.75, 3.05) is 0 Å². The number of carbonyl (C=O) groups is 1. The van der Waals surface area contributed by atoms with E-state index < -0.39 is 6.43 Å². The van der Waals surface area contributed by atoms with Crippen LogP contribution < -0.4 is 0 Å². The van der Waals surface area contributed by atoms with Gasteiger partial charge < -0.3 is 0 Å². The summed E-state index contributed by atoms with van der Waals surface area (Å²) >= 11 is 0. The van der Waals surface area contributed by atoms with E-state index in [1.165, 1.54) is 6.07 Å². The first-order valence-corrected chi connectivity index (χ1v) is 3.54. The second kappa shape index (κ2) is 3.95. The first kappa shape index (κ1) is 8.84. The van der Waals surface area contributed by atoms with Crippen LogP contribution in [-0.4, -0.2) is 12.7 Å². The van der Waals surface area contributed by atoms with Crippen molar-refractivity contribution in [2.24, 2.45) is 0 Å². The molecule has 0 aliphatic rings. The molecule has 0 unspecified atom stereocenters. The van der Waals surface area contributed by atoms with Crippen molar-refractivity contribution in [1.82, 2.24) is 0 Å². The topological polar surface area (TPSA) is 17.1 Å². The van der Waals surface area contributed by atoms with E-state index in [1.807, 2.05) is 0 Å². The third-order valence-electron chi connectivity index (χ3n) is 1.48. The quantitative estimate of drug-likeness (QED) is 0.636. The highest BCUT2D eigenvalue weighted by molar-refractivity contribution is 5.74. The van der Waals surface area contributed by atoms with Crippen LogP contribution >= 0.6 is 0 Å². The van der Waals surface area contributed by atoms with Gasteiger partial charge in [0.2, 0.25) is 6.43 Å². The minimum absolute atomic E-state index is 0.290. The Morgan fingerprint density at radius 2 is 2.17 bits per heavy atom. The number of benzene rings is 1. The maximum Gasteiger partial charge on any atom is 0.242 e. The lowest BCUT2D eigenvalue weighted by Gasteiger charge is -1.99. The fourth-order valence-electron chi connectivity index (χ4n) is 0.972. The van der Waals surface area contributed by atoms with Crippen molar-refractivity contribution >= 4 is 6.29 Å². The average molecular weight is 170 g/mol. The number of hydrogen-bond donors (Lipinski definition) is 0. The molecule has 0 radical (unpaired) electrons. The van der Waals surface area contributed by atoms with Gasteiger partial charge in [0.15, 0.2) is 0 Å². The zero-order valence-corrected chi connectivity index (χ0v) is 6.34. The molecule has 0 spiro atoms. The standard InChI is InChI=1S/C9H8F2O/c10-9(11)5-7-2-1-3-8(4-7)6-12/h1-4,6,9H,5H2. The van der Waals surface area contributed by atoms with Crippen LogP contribution in [0.15, 0.2) is 24.3 Å². The molecule has 0 atom stereocenters. The Bertz CT molecular complexity index is 271. The molecule has 0 aliphatic carbocycles. The fraction of sp³-hybridized carbons (Fsp3) is 0.222. The van der Waals surface area contributed by atoms with Crippen LogP contribution in [0.5, 0.6) is 0 Å². The van der Waals surface area contributed by atoms with Gasteiger partial charge in [-0.2, -0.15) is 0 Å². The lowest BCUT2D eigenvalue weighted by Crippen LogP contribution is -1.96. The average Bonchev–Trinajstić information content (AvgIpc) is 2.03. The van der Waals surface area contributed by atoms with E-state index in [4.69, 9.17) is 0 Å². The lowest BCUT2D eigenvalue weighted by atomic mass is 10.1. The molecular formula is C9H8F2O. The highest BCUT2D eigenvalue weighted by atomic mass is 19.3. The van der Waals surface area contributed by atoms with Crippen molar-refractivity contribution in [3.63, 3.8) is 0 Å². The number of carbonyl (C=O) groups excluding carboxylic acids is 1. The normalized spacial score (nSPS) is 10.2. The van der Waals surface area contributed by atoms with Crippen LogP contribution in [0.1, 0.15) is 15.9 Å². The summed E-state index contributed by atoms with van der Waals surface area (Å²) in [6, 6.07) is 6.24. The summed E-state index contributed by atoms with van der Waals surface area (Å²) in [4.78, 5) is 10.3. The van der Waals surface area contributed by atoms with Gasteiger partial charge in [0, 0.05) is 12.0 Å². The molecule has 0 bridgehead atoms. The molecule has 1 aromatic carbocycles. The molecule has 0 aromatic heterocycles. The Morgan fingerprint density at radius 3 is 2.75 bits per heavy atom. The fourth-order valence-corrected chi connectivity index (χ4v) is 0.972. The number of alkyl halides is 2. The third kappa shape index (κ3) is 2.42. The minimum atomic E-state index is -2.35. The molecule has 64 valence electrons. The molecule has 0 heterocycles. The summed E-state index contributed by atoms with van der Waals surface area (Å²) in [5.74, 6) is 0. The molecule has 12 heavy (non-hydrogen) atoms. The second-order valence-electron chi connectivity index (χ2n) is 2.46. The molecule has 0 aliphatic heterocycles. The van der Waals surface area contributed by atoms with E-state index in [1.54, 1.807) is 18.2 Å². The Labute approximate surface area is 69.0 Å². The minimum Gasteiger partial charge on any atom is -0.298 e. The van der Waals surface area contributed by atoms with Crippen LogP contribution in [0.2, 0.25) is 0 Å².